The van der Waals surface area contributed by atoms with Crippen LogP contribution in [-0.4, -0.2) is 57.8 Å². The number of carboxylic acids is 2. The van der Waals surface area contributed by atoms with E-state index in [2.05, 4.69) is 20.8 Å². The Morgan fingerprint density at radius 1 is 0.892 bits per heavy atom. The molecule has 0 aromatic rings. The van der Waals surface area contributed by atoms with Crippen LogP contribution in [0.1, 0.15) is 91.9 Å². The molecule has 5 aliphatic rings. The molecule has 0 saturated heterocycles. The van der Waals surface area contributed by atoms with Crippen molar-refractivity contribution in [1.29, 1.82) is 0 Å². The Morgan fingerprint density at radius 2 is 1.59 bits per heavy atom. The smallest absolute Gasteiger partial charge is 0.312 e. The fraction of sp³-hybridized carbons (Fsp3) is 0.867. The topological polar surface area (TPSA) is 124 Å². The standard InChI is InChI=1S/C30H46O7/c1-27(2)12-13-30(26(35)36)11-8-17-18-6-7-21-28(3,10-9-22(31)29(21,4)25(33)34)20(18)15-16(37-5)14-19(17)23(30)24(27)32/h16,18,20-24,31-32H,6-15H2,1-5H3,(H,33,34)(H,35,36). The zero-order chi connectivity index (χ0) is 27.1. The first-order chi connectivity index (χ1) is 17.2. The summed E-state index contributed by atoms with van der Waals surface area (Å²) in [5, 5.41) is 43.4. The summed E-state index contributed by atoms with van der Waals surface area (Å²) < 4.78 is 6.05. The van der Waals surface area contributed by atoms with Crippen molar-refractivity contribution in [3.05, 3.63) is 11.1 Å². The zero-order valence-corrected chi connectivity index (χ0v) is 23.1. The van der Waals surface area contributed by atoms with Crippen molar-refractivity contribution < 1.29 is 34.8 Å². The molecular formula is C30H46O7. The predicted octanol–water partition coefficient (Wildman–Crippen LogP) is 4.65. The van der Waals surface area contributed by atoms with E-state index in [9.17, 15) is 30.0 Å². The number of carbonyl (C=O) groups is 2. The molecule has 7 heteroatoms. The van der Waals surface area contributed by atoms with Gasteiger partial charge in [-0.1, -0.05) is 31.9 Å². The number of aliphatic hydroxyl groups excluding tert-OH is 2. The lowest BCUT2D eigenvalue weighted by atomic mass is 9.43. The number of ether oxygens (including phenoxy) is 1. The molecule has 0 aromatic carbocycles. The molecule has 37 heavy (non-hydrogen) atoms. The van der Waals surface area contributed by atoms with E-state index < -0.39 is 40.9 Å². The van der Waals surface area contributed by atoms with Gasteiger partial charge < -0.3 is 25.2 Å². The van der Waals surface area contributed by atoms with Crippen molar-refractivity contribution in [2.24, 2.45) is 45.3 Å². The van der Waals surface area contributed by atoms with Gasteiger partial charge in [0.05, 0.1) is 29.1 Å². The van der Waals surface area contributed by atoms with Crippen molar-refractivity contribution in [3.63, 3.8) is 0 Å². The number of hydrogen-bond acceptors (Lipinski definition) is 5. The maximum absolute atomic E-state index is 12.8. The monoisotopic (exact) mass is 518 g/mol. The lowest BCUT2D eigenvalue weighted by molar-refractivity contribution is -0.191. The number of aliphatic carboxylic acids is 2. The maximum Gasteiger partial charge on any atom is 0.312 e. The second-order valence-corrected chi connectivity index (χ2v) is 14.2. The number of fused-ring (bicyclic) bond motifs is 6. The fourth-order valence-corrected chi connectivity index (χ4v) is 10.0. The van der Waals surface area contributed by atoms with Crippen LogP contribution in [0.3, 0.4) is 0 Å². The minimum absolute atomic E-state index is 0.111. The molecule has 208 valence electrons. The van der Waals surface area contributed by atoms with Crippen LogP contribution in [0, 0.1) is 45.3 Å². The lowest BCUT2D eigenvalue weighted by Crippen LogP contribution is -2.60. The summed E-state index contributed by atoms with van der Waals surface area (Å²) in [7, 11) is 1.72. The summed E-state index contributed by atoms with van der Waals surface area (Å²) >= 11 is 0. The van der Waals surface area contributed by atoms with Crippen LogP contribution < -0.4 is 0 Å². The predicted molar refractivity (Wildman–Crippen MR) is 138 cm³/mol. The first-order valence-electron chi connectivity index (χ1n) is 14.3. The fourth-order valence-electron chi connectivity index (χ4n) is 10.0. The van der Waals surface area contributed by atoms with Crippen LogP contribution in [0.5, 0.6) is 0 Å². The Hall–Kier alpha value is -1.44. The number of aliphatic hydroxyl groups is 2. The van der Waals surface area contributed by atoms with Gasteiger partial charge in [0.2, 0.25) is 0 Å². The lowest BCUT2D eigenvalue weighted by Gasteiger charge is -2.61. The summed E-state index contributed by atoms with van der Waals surface area (Å²) in [6.07, 6.45) is 5.08. The maximum atomic E-state index is 12.8. The molecule has 7 nitrogen and oxygen atoms in total. The largest absolute Gasteiger partial charge is 0.481 e. The molecule has 5 rings (SSSR count). The Labute approximate surface area is 220 Å². The summed E-state index contributed by atoms with van der Waals surface area (Å²) in [5.74, 6) is -1.83. The van der Waals surface area contributed by atoms with Gasteiger partial charge in [0.1, 0.15) is 0 Å². The number of hydrogen-bond donors (Lipinski definition) is 4. The van der Waals surface area contributed by atoms with E-state index >= 15 is 0 Å². The average Bonchev–Trinajstić information content (AvgIpc) is 3.01. The minimum atomic E-state index is -1.18. The quantitative estimate of drug-likeness (QED) is 0.401. The van der Waals surface area contributed by atoms with E-state index in [0.29, 0.717) is 32.1 Å². The Kier molecular flexibility index (Phi) is 6.44. The summed E-state index contributed by atoms with van der Waals surface area (Å²) in [6, 6.07) is 0. The highest BCUT2D eigenvalue weighted by Crippen LogP contribution is 2.67. The van der Waals surface area contributed by atoms with Gasteiger partial charge in [-0.05, 0) is 99.7 Å². The van der Waals surface area contributed by atoms with Gasteiger partial charge in [0.25, 0.3) is 0 Å². The third-order valence-electron chi connectivity index (χ3n) is 12.5. The molecule has 0 heterocycles. The highest BCUT2D eigenvalue weighted by atomic mass is 16.5. The molecule has 10 atom stereocenters. The van der Waals surface area contributed by atoms with Crippen molar-refractivity contribution in [2.75, 3.05) is 7.11 Å². The van der Waals surface area contributed by atoms with Crippen LogP contribution in [0.2, 0.25) is 0 Å². The van der Waals surface area contributed by atoms with Crippen LogP contribution in [0.25, 0.3) is 0 Å². The van der Waals surface area contributed by atoms with Crippen LogP contribution >= 0.6 is 0 Å². The summed E-state index contributed by atoms with van der Waals surface area (Å²) in [5.41, 5.74) is -0.305. The van der Waals surface area contributed by atoms with Gasteiger partial charge in [-0.3, -0.25) is 9.59 Å². The van der Waals surface area contributed by atoms with Crippen molar-refractivity contribution in [3.8, 4) is 0 Å². The van der Waals surface area contributed by atoms with Crippen molar-refractivity contribution in [1.82, 2.24) is 0 Å². The van der Waals surface area contributed by atoms with Crippen molar-refractivity contribution in [2.45, 2.75) is 110 Å². The molecule has 0 bridgehead atoms. The molecule has 3 saturated carbocycles. The van der Waals surface area contributed by atoms with E-state index in [0.717, 1.165) is 37.7 Å². The summed E-state index contributed by atoms with van der Waals surface area (Å²) in [6.45, 7) is 8.08. The number of allylic oxidation sites excluding steroid dienone is 1. The van der Waals surface area contributed by atoms with E-state index in [-0.39, 0.29) is 34.7 Å². The second-order valence-electron chi connectivity index (χ2n) is 14.2. The van der Waals surface area contributed by atoms with E-state index in [4.69, 9.17) is 4.74 Å². The van der Waals surface area contributed by atoms with E-state index in [1.54, 1.807) is 14.0 Å². The molecule has 3 fully saturated rings. The Bertz CT molecular complexity index is 1000. The molecule has 0 spiro atoms. The Morgan fingerprint density at radius 3 is 2.22 bits per heavy atom. The Balaban J connectivity index is 1.63. The highest BCUT2D eigenvalue weighted by molar-refractivity contribution is 5.77. The van der Waals surface area contributed by atoms with E-state index in [1.165, 1.54) is 5.57 Å². The molecular weight excluding hydrogens is 472 g/mol. The molecule has 10 unspecified atom stereocenters. The normalized spacial score (nSPS) is 49.1. The van der Waals surface area contributed by atoms with Crippen LogP contribution in [-0.2, 0) is 14.3 Å². The third-order valence-corrected chi connectivity index (χ3v) is 12.5. The van der Waals surface area contributed by atoms with E-state index in [1.807, 2.05) is 0 Å². The second kappa shape index (κ2) is 8.79. The number of rotatable bonds is 3. The molecule has 0 amide bonds. The van der Waals surface area contributed by atoms with Gasteiger partial charge in [0.15, 0.2) is 0 Å². The van der Waals surface area contributed by atoms with Crippen LogP contribution in [0.4, 0.5) is 0 Å². The van der Waals surface area contributed by atoms with Gasteiger partial charge >= 0.3 is 11.9 Å². The molecule has 5 aliphatic carbocycles. The third kappa shape index (κ3) is 3.62. The molecule has 0 aromatic heterocycles. The highest BCUT2D eigenvalue weighted by Gasteiger charge is 2.65. The number of carboxylic acid groups (broad SMARTS) is 2. The van der Waals surface area contributed by atoms with Crippen LogP contribution in [0.15, 0.2) is 11.1 Å². The molecule has 0 aliphatic heterocycles. The SMILES string of the molecule is COC1CC2=C(CCC3(C(=O)O)CCC(C)(C)C(O)C23)C2CCC3C(C)(CCC(O)C3(C)C(=O)O)C2C1. The van der Waals surface area contributed by atoms with Gasteiger partial charge in [-0.2, -0.15) is 0 Å². The minimum Gasteiger partial charge on any atom is -0.481 e. The average molecular weight is 519 g/mol. The first-order valence-corrected chi connectivity index (χ1v) is 14.3. The zero-order valence-electron chi connectivity index (χ0n) is 23.1. The molecule has 0 radical (unpaired) electrons. The first kappa shape index (κ1) is 27.1. The molecule has 4 N–H and O–H groups in total. The van der Waals surface area contributed by atoms with Gasteiger partial charge in [-0.25, -0.2) is 0 Å². The number of methoxy groups -OCH3 is 1. The summed E-state index contributed by atoms with van der Waals surface area (Å²) in [4.78, 5) is 25.4. The van der Waals surface area contributed by atoms with Gasteiger partial charge in [0, 0.05) is 13.0 Å². The van der Waals surface area contributed by atoms with Gasteiger partial charge in [-0.15, -0.1) is 0 Å². The van der Waals surface area contributed by atoms with Crippen molar-refractivity contribution >= 4 is 11.9 Å².